The first-order chi connectivity index (χ1) is 9.12. The van der Waals surface area contributed by atoms with Crippen LogP contribution in [-0.2, 0) is 11.2 Å². The molecule has 1 aromatic rings. The Morgan fingerprint density at radius 1 is 1.42 bits per heavy atom. The number of carbonyl (C=O) groups is 1. The molecule has 0 bridgehead atoms. The van der Waals surface area contributed by atoms with Gasteiger partial charge in [-0.1, -0.05) is 6.92 Å². The minimum atomic E-state index is -0.00620. The predicted octanol–water partition coefficient (Wildman–Crippen LogP) is 1.79. The number of aromatic nitrogens is 1. The molecule has 0 aliphatic carbocycles. The van der Waals surface area contributed by atoms with Crippen molar-refractivity contribution in [1.29, 1.82) is 0 Å². The Kier molecular flexibility index (Phi) is 6.29. The fraction of sp³-hybridized carbons (Fsp3) is 0.571. The fourth-order valence-corrected chi connectivity index (χ4v) is 1.69. The highest BCUT2D eigenvalue weighted by atomic mass is 16.5. The van der Waals surface area contributed by atoms with Crippen LogP contribution in [0.25, 0.3) is 0 Å². The molecule has 5 nitrogen and oxygen atoms in total. The molecule has 0 radical (unpaired) electrons. The molecule has 0 aromatic carbocycles. The molecule has 1 aromatic heterocycles. The van der Waals surface area contributed by atoms with Gasteiger partial charge in [0.1, 0.15) is 5.82 Å². The van der Waals surface area contributed by atoms with E-state index < -0.39 is 0 Å². The minimum Gasteiger partial charge on any atom is -0.380 e. The second kappa shape index (κ2) is 7.74. The average Bonchev–Trinajstić information content (AvgIpc) is 2.45. The number of likely N-dealkylation sites (N-methyl/N-ethyl adjacent to an activating group) is 1. The molecule has 1 N–H and O–H groups in total. The lowest BCUT2D eigenvalue weighted by atomic mass is 10.1. The van der Waals surface area contributed by atoms with Gasteiger partial charge in [0, 0.05) is 38.5 Å². The Bertz CT molecular complexity index is 399. The number of anilines is 1. The van der Waals surface area contributed by atoms with E-state index in [2.05, 4.69) is 10.3 Å². The number of nitrogens with one attached hydrogen (secondary N) is 1. The maximum atomic E-state index is 12.3. The monoisotopic (exact) mass is 265 g/mol. The summed E-state index contributed by atoms with van der Waals surface area (Å²) in [6, 6.07) is 3.62. The molecule has 1 heterocycles. The van der Waals surface area contributed by atoms with E-state index in [1.54, 1.807) is 25.1 Å². The van der Waals surface area contributed by atoms with Crippen molar-refractivity contribution in [2.75, 3.05) is 39.2 Å². The highest BCUT2D eigenvalue weighted by molar-refractivity contribution is 5.94. The molecule has 0 aliphatic heterocycles. The number of aryl methyl sites for hydroxylation is 1. The zero-order chi connectivity index (χ0) is 14.3. The topological polar surface area (TPSA) is 54.5 Å². The fourth-order valence-electron chi connectivity index (χ4n) is 1.69. The van der Waals surface area contributed by atoms with Crippen LogP contribution >= 0.6 is 0 Å². The second-order valence-electron chi connectivity index (χ2n) is 4.26. The van der Waals surface area contributed by atoms with Gasteiger partial charge in [-0.05, 0) is 25.5 Å². The average molecular weight is 265 g/mol. The highest BCUT2D eigenvalue weighted by Crippen LogP contribution is 2.12. The minimum absolute atomic E-state index is 0.00620. The summed E-state index contributed by atoms with van der Waals surface area (Å²) >= 11 is 0. The van der Waals surface area contributed by atoms with Gasteiger partial charge in [-0.3, -0.25) is 4.79 Å². The summed E-state index contributed by atoms with van der Waals surface area (Å²) in [4.78, 5) is 18.3. The largest absolute Gasteiger partial charge is 0.380 e. The number of hydrogen-bond donors (Lipinski definition) is 1. The van der Waals surface area contributed by atoms with Gasteiger partial charge < -0.3 is 15.0 Å². The van der Waals surface area contributed by atoms with Crippen LogP contribution in [-0.4, -0.2) is 49.6 Å². The summed E-state index contributed by atoms with van der Waals surface area (Å²) in [5, 5.41) is 2.98. The van der Waals surface area contributed by atoms with Gasteiger partial charge in [0.2, 0.25) is 0 Å². The van der Waals surface area contributed by atoms with E-state index in [4.69, 9.17) is 4.74 Å². The quantitative estimate of drug-likeness (QED) is 0.764. The molecule has 1 amide bonds. The molecule has 0 spiro atoms. The molecular formula is C14H23N3O2. The van der Waals surface area contributed by atoms with E-state index >= 15 is 0 Å². The number of hydrogen-bond acceptors (Lipinski definition) is 4. The first-order valence-electron chi connectivity index (χ1n) is 6.64. The zero-order valence-corrected chi connectivity index (χ0v) is 12.2. The van der Waals surface area contributed by atoms with Gasteiger partial charge in [0.05, 0.1) is 6.61 Å². The van der Waals surface area contributed by atoms with Crippen LogP contribution in [0.4, 0.5) is 5.82 Å². The summed E-state index contributed by atoms with van der Waals surface area (Å²) in [6.07, 6.45) is 0.804. The Hall–Kier alpha value is -1.62. The van der Waals surface area contributed by atoms with Gasteiger partial charge in [-0.25, -0.2) is 4.98 Å². The summed E-state index contributed by atoms with van der Waals surface area (Å²) in [6.45, 7) is 5.78. The number of amides is 1. The van der Waals surface area contributed by atoms with Crippen LogP contribution in [0.2, 0.25) is 0 Å². The Balaban J connectivity index is 2.80. The first kappa shape index (κ1) is 15.4. The lowest BCUT2D eigenvalue weighted by Gasteiger charge is -2.17. The Labute approximate surface area is 115 Å². The van der Waals surface area contributed by atoms with Crippen molar-refractivity contribution in [1.82, 2.24) is 9.88 Å². The summed E-state index contributed by atoms with van der Waals surface area (Å²) in [5.74, 6) is 0.717. The van der Waals surface area contributed by atoms with Crippen LogP contribution in [0.15, 0.2) is 12.1 Å². The van der Waals surface area contributed by atoms with E-state index in [0.29, 0.717) is 25.3 Å². The van der Waals surface area contributed by atoms with Crippen LogP contribution < -0.4 is 5.32 Å². The molecule has 0 saturated heterocycles. The lowest BCUT2D eigenvalue weighted by molar-refractivity contribution is 0.0710. The third kappa shape index (κ3) is 4.52. The van der Waals surface area contributed by atoms with Crippen molar-refractivity contribution in [2.24, 2.45) is 0 Å². The first-order valence-corrected chi connectivity index (χ1v) is 6.64. The van der Waals surface area contributed by atoms with Gasteiger partial charge in [-0.15, -0.1) is 0 Å². The summed E-state index contributed by atoms with van der Waals surface area (Å²) in [5.41, 5.74) is 1.57. The standard InChI is InChI=1S/C14H23N3O2/c1-5-12-9-11(10-13(15-3)16-12)14(18)17(4)7-8-19-6-2/h9-10H,5-8H2,1-4H3,(H,15,16). The molecule has 0 unspecified atom stereocenters. The second-order valence-corrected chi connectivity index (χ2v) is 4.26. The van der Waals surface area contributed by atoms with Crippen LogP contribution in [0, 0.1) is 0 Å². The molecule has 106 valence electrons. The molecule has 0 aliphatic rings. The van der Waals surface area contributed by atoms with E-state index in [0.717, 1.165) is 17.9 Å². The zero-order valence-electron chi connectivity index (χ0n) is 12.2. The smallest absolute Gasteiger partial charge is 0.253 e. The number of rotatable bonds is 7. The number of carbonyl (C=O) groups excluding carboxylic acids is 1. The van der Waals surface area contributed by atoms with Gasteiger partial charge in [0.15, 0.2) is 0 Å². The van der Waals surface area contributed by atoms with E-state index in [1.807, 2.05) is 19.9 Å². The van der Waals surface area contributed by atoms with Crippen molar-refractivity contribution < 1.29 is 9.53 Å². The SMILES string of the molecule is CCOCCN(C)C(=O)c1cc(CC)nc(NC)c1. The van der Waals surface area contributed by atoms with Crippen LogP contribution in [0.1, 0.15) is 29.9 Å². The summed E-state index contributed by atoms with van der Waals surface area (Å²) < 4.78 is 5.26. The maximum absolute atomic E-state index is 12.3. The molecule has 5 heteroatoms. The Morgan fingerprint density at radius 3 is 2.74 bits per heavy atom. The number of pyridine rings is 1. The summed E-state index contributed by atoms with van der Waals surface area (Å²) in [7, 11) is 3.58. The van der Waals surface area contributed by atoms with Gasteiger partial charge >= 0.3 is 0 Å². The molecule has 0 saturated carbocycles. The predicted molar refractivity (Wildman–Crippen MR) is 76.6 cm³/mol. The molecule has 0 fully saturated rings. The lowest BCUT2D eigenvalue weighted by Crippen LogP contribution is -2.30. The van der Waals surface area contributed by atoms with Crippen LogP contribution in [0.5, 0.6) is 0 Å². The molecule has 19 heavy (non-hydrogen) atoms. The van der Waals surface area contributed by atoms with Crippen molar-refractivity contribution in [3.8, 4) is 0 Å². The van der Waals surface area contributed by atoms with Crippen molar-refractivity contribution >= 4 is 11.7 Å². The molecule has 0 atom stereocenters. The number of ether oxygens (including phenoxy) is 1. The highest BCUT2D eigenvalue weighted by Gasteiger charge is 2.13. The third-order valence-corrected chi connectivity index (χ3v) is 2.87. The molecule has 1 rings (SSSR count). The van der Waals surface area contributed by atoms with Crippen molar-refractivity contribution in [3.05, 3.63) is 23.4 Å². The van der Waals surface area contributed by atoms with E-state index in [1.165, 1.54) is 0 Å². The Morgan fingerprint density at radius 2 is 2.16 bits per heavy atom. The third-order valence-electron chi connectivity index (χ3n) is 2.87. The van der Waals surface area contributed by atoms with E-state index in [-0.39, 0.29) is 5.91 Å². The van der Waals surface area contributed by atoms with Crippen molar-refractivity contribution in [2.45, 2.75) is 20.3 Å². The van der Waals surface area contributed by atoms with Gasteiger partial charge in [0.25, 0.3) is 5.91 Å². The molecular weight excluding hydrogens is 242 g/mol. The van der Waals surface area contributed by atoms with Gasteiger partial charge in [-0.2, -0.15) is 0 Å². The van der Waals surface area contributed by atoms with Crippen molar-refractivity contribution in [3.63, 3.8) is 0 Å². The normalized spacial score (nSPS) is 10.3. The number of nitrogens with zero attached hydrogens (tertiary/aromatic N) is 2. The maximum Gasteiger partial charge on any atom is 0.253 e. The van der Waals surface area contributed by atoms with Crippen LogP contribution in [0.3, 0.4) is 0 Å². The van der Waals surface area contributed by atoms with E-state index in [9.17, 15) is 4.79 Å².